The van der Waals surface area contributed by atoms with Gasteiger partial charge in [0.1, 0.15) is 0 Å². The van der Waals surface area contributed by atoms with Crippen LogP contribution in [0, 0.1) is 26.7 Å². The van der Waals surface area contributed by atoms with Crippen LogP contribution in [-0.4, -0.2) is 13.2 Å². The Balaban J connectivity index is 2.28. The molecule has 1 aromatic rings. The lowest BCUT2D eigenvalue weighted by Gasteiger charge is -2.22. The lowest BCUT2D eigenvalue weighted by Crippen LogP contribution is -2.16. The second-order valence-electron chi connectivity index (χ2n) is 5.23. The van der Waals surface area contributed by atoms with E-state index in [1.165, 1.54) is 35.1 Å². The SMILES string of the molecule is Cc1cc(C)c(C(OCCN)C2CC2)c(C)c1. The Morgan fingerprint density at radius 3 is 2.29 bits per heavy atom. The minimum Gasteiger partial charge on any atom is -0.372 e. The van der Waals surface area contributed by atoms with Gasteiger partial charge in [0.05, 0.1) is 12.7 Å². The first-order valence-corrected chi connectivity index (χ1v) is 6.53. The number of rotatable bonds is 5. The molecule has 94 valence electrons. The number of hydrogen-bond acceptors (Lipinski definition) is 2. The molecule has 1 unspecified atom stereocenters. The van der Waals surface area contributed by atoms with E-state index in [1.54, 1.807) is 0 Å². The average Bonchev–Trinajstić information content (AvgIpc) is 3.05. The molecule has 2 heteroatoms. The molecule has 17 heavy (non-hydrogen) atoms. The van der Waals surface area contributed by atoms with Crippen molar-refractivity contribution in [2.75, 3.05) is 13.2 Å². The van der Waals surface area contributed by atoms with Crippen molar-refractivity contribution in [2.24, 2.45) is 11.7 Å². The molecule has 0 radical (unpaired) electrons. The van der Waals surface area contributed by atoms with Gasteiger partial charge in [0, 0.05) is 6.54 Å². The molecule has 1 aliphatic carbocycles. The van der Waals surface area contributed by atoms with E-state index in [-0.39, 0.29) is 6.10 Å². The van der Waals surface area contributed by atoms with Crippen molar-refractivity contribution in [3.8, 4) is 0 Å². The zero-order chi connectivity index (χ0) is 12.4. The van der Waals surface area contributed by atoms with Gasteiger partial charge >= 0.3 is 0 Å². The topological polar surface area (TPSA) is 35.2 Å². The average molecular weight is 233 g/mol. The van der Waals surface area contributed by atoms with Gasteiger partial charge in [-0.3, -0.25) is 0 Å². The lowest BCUT2D eigenvalue weighted by atomic mass is 9.93. The summed E-state index contributed by atoms with van der Waals surface area (Å²) < 4.78 is 5.98. The van der Waals surface area contributed by atoms with Gasteiger partial charge in [0.2, 0.25) is 0 Å². The second kappa shape index (κ2) is 5.19. The van der Waals surface area contributed by atoms with Crippen LogP contribution in [0.4, 0.5) is 0 Å². The maximum absolute atomic E-state index is 5.98. The van der Waals surface area contributed by atoms with Crippen molar-refractivity contribution in [1.82, 2.24) is 0 Å². The van der Waals surface area contributed by atoms with Crippen LogP contribution in [0.25, 0.3) is 0 Å². The van der Waals surface area contributed by atoms with Gasteiger partial charge in [-0.1, -0.05) is 17.7 Å². The van der Waals surface area contributed by atoms with E-state index in [1.807, 2.05) is 0 Å². The van der Waals surface area contributed by atoms with Gasteiger partial charge in [0.15, 0.2) is 0 Å². The van der Waals surface area contributed by atoms with E-state index >= 15 is 0 Å². The van der Waals surface area contributed by atoms with Crippen LogP contribution in [0.3, 0.4) is 0 Å². The largest absolute Gasteiger partial charge is 0.372 e. The lowest BCUT2D eigenvalue weighted by molar-refractivity contribution is 0.0416. The Morgan fingerprint density at radius 2 is 1.82 bits per heavy atom. The highest BCUT2D eigenvalue weighted by atomic mass is 16.5. The van der Waals surface area contributed by atoms with Gasteiger partial charge in [-0.05, 0) is 56.2 Å². The Bertz CT molecular complexity index is 373. The van der Waals surface area contributed by atoms with E-state index in [9.17, 15) is 0 Å². The fraction of sp³-hybridized carbons (Fsp3) is 0.600. The van der Waals surface area contributed by atoms with Gasteiger partial charge < -0.3 is 10.5 Å². The molecule has 2 N–H and O–H groups in total. The third kappa shape index (κ3) is 2.88. The Kier molecular flexibility index (Phi) is 3.85. The maximum Gasteiger partial charge on any atom is 0.0858 e. The van der Waals surface area contributed by atoms with Crippen molar-refractivity contribution < 1.29 is 4.74 Å². The standard InChI is InChI=1S/C15H23NO/c1-10-8-11(2)14(12(3)9-10)15(13-4-5-13)17-7-6-16/h8-9,13,15H,4-7,16H2,1-3H3. The summed E-state index contributed by atoms with van der Waals surface area (Å²) in [5.74, 6) is 0.710. The predicted molar refractivity (Wildman–Crippen MR) is 71.1 cm³/mol. The molecular weight excluding hydrogens is 210 g/mol. The molecule has 2 nitrogen and oxygen atoms in total. The van der Waals surface area contributed by atoms with Crippen molar-refractivity contribution in [3.05, 3.63) is 34.4 Å². The molecular formula is C15H23NO. The van der Waals surface area contributed by atoms with E-state index in [0.717, 1.165) is 0 Å². The van der Waals surface area contributed by atoms with Crippen LogP contribution in [0.2, 0.25) is 0 Å². The highest BCUT2D eigenvalue weighted by molar-refractivity contribution is 5.39. The summed E-state index contributed by atoms with van der Waals surface area (Å²) in [5, 5.41) is 0. The van der Waals surface area contributed by atoms with Crippen molar-refractivity contribution in [3.63, 3.8) is 0 Å². The van der Waals surface area contributed by atoms with Gasteiger partial charge in [-0.2, -0.15) is 0 Å². The van der Waals surface area contributed by atoms with Crippen LogP contribution >= 0.6 is 0 Å². The molecule has 0 saturated heterocycles. The fourth-order valence-electron chi connectivity index (χ4n) is 2.69. The molecule has 0 heterocycles. The van der Waals surface area contributed by atoms with Gasteiger partial charge in [-0.25, -0.2) is 0 Å². The van der Waals surface area contributed by atoms with Crippen LogP contribution in [-0.2, 0) is 4.74 Å². The number of benzene rings is 1. The molecule has 1 aromatic carbocycles. The third-order valence-electron chi connectivity index (χ3n) is 3.49. The highest BCUT2D eigenvalue weighted by Gasteiger charge is 2.34. The van der Waals surface area contributed by atoms with Crippen LogP contribution in [0.5, 0.6) is 0 Å². The summed E-state index contributed by atoms with van der Waals surface area (Å²) in [7, 11) is 0. The smallest absolute Gasteiger partial charge is 0.0858 e. The second-order valence-corrected chi connectivity index (χ2v) is 5.23. The summed E-state index contributed by atoms with van der Waals surface area (Å²) in [6.45, 7) is 7.80. The van der Waals surface area contributed by atoms with Gasteiger partial charge in [-0.15, -0.1) is 0 Å². The molecule has 1 aliphatic rings. The molecule has 0 amide bonds. The minimum atomic E-state index is 0.263. The first kappa shape index (κ1) is 12.6. The summed E-state index contributed by atoms with van der Waals surface area (Å²) in [6.07, 6.45) is 2.85. The summed E-state index contributed by atoms with van der Waals surface area (Å²) >= 11 is 0. The Labute approximate surface area is 104 Å². The molecule has 1 fully saturated rings. The van der Waals surface area contributed by atoms with E-state index in [4.69, 9.17) is 10.5 Å². The molecule has 1 saturated carbocycles. The van der Waals surface area contributed by atoms with Crippen LogP contribution in [0.1, 0.15) is 41.2 Å². The Hall–Kier alpha value is -0.860. The molecule has 0 bridgehead atoms. The van der Waals surface area contributed by atoms with Crippen molar-refractivity contribution >= 4 is 0 Å². The number of hydrogen-bond donors (Lipinski definition) is 1. The van der Waals surface area contributed by atoms with Crippen molar-refractivity contribution in [2.45, 2.75) is 39.7 Å². The Morgan fingerprint density at radius 1 is 1.24 bits per heavy atom. The number of aryl methyl sites for hydroxylation is 3. The highest BCUT2D eigenvalue weighted by Crippen LogP contribution is 2.45. The minimum absolute atomic E-state index is 0.263. The van der Waals surface area contributed by atoms with Crippen LogP contribution in [0.15, 0.2) is 12.1 Å². The van der Waals surface area contributed by atoms with E-state index < -0.39 is 0 Å². The number of nitrogens with two attached hydrogens (primary N) is 1. The monoisotopic (exact) mass is 233 g/mol. The van der Waals surface area contributed by atoms with Gasteiger partial charge in [0.25, 0.3) is 0 Å². The molecule has 0 spiro atoms. The first-order valence-electron chi connectivity index (χ1n) is 6.53. The van der Waals surface area contributed by atoms with Crippen LogP contribution < -0.4 is 5.73 Å². The summed E-state index contributed by atoms with van der Waals surface area (Å²) in [4.78, 5) is 0. The predicted octanol–water partition coefficient (Wildman–Crippen LogP) is 3.04. The molecule has 0 aromatic heterocycles. The molecule has 1 atom stereocenters. The molecule has 0 aliphatic heterocycles. The fourth-order valence-corrected chi connectivity index (χ4v) is 2.69. The maximum atomic E-state index is 5.98. The molecule has 2 rings (SSSR count). The quantitative estimate of drug-likeness (QED) is 0.848. The zero-order valence-corrected chi connectivity index (χ0v) is 11.1. The van der Waals surface area contributed by atoms with Crippen molar-refractivity contribution in [1.29, 1.82) is 0 Å². The van der Waals surface area contributed by atoms with E-state index in [2.05, 4.69) is 32.9 Å². The summed E-state index contributed by atoms with van der Waals surface area (Å²) in [5.41, 5.74) is 11.0. The third-order valence-corrected chi connectivity index (χ3v) is 3.49. The zero-order valence-electron chi connectivity index (χ0n) is 11.1. The summed E-state index contributed by atoms with van der Waals surface area (Å²) in [6, 6.07) is 4.51. The number of ether oxygens (including phenoxy) is 1. The first-order chi connectivity index (χ1) is 8.13. The normalized spacial score (nSPS) is 17.2. The van der Waals surface area contributed by atoms with E-state index in [0.29, 0.717) is 19.1 Å².